The number of rotatable bonds is 5. The zero-order valence-corrected chi connectivity index (χ0v) is 9.46. The van der Waals surface area contributed by atoms with Crippen LogP contribution in [0.15, 0.2) is 18.2 Å². The molecule has 16 heavy (non-hydrogen) atoms. The van der Waals surface area contributed by atoms with E-state index in [1.165, 1.54) is 13.2 Å². The van der Waals surface area contributed by atoms with E-state index in [-0.39, 0.29) is 11.8 Å². The Morgan fingerprint density at radius 3 is 2.44 bits per heavy atom. The van der Waals surface area contributed by atoms with E-state index >= 15 is 0 Å². The molecule has 1 aromatic rings. The molecule has 0 heterocycles. The summed E-state index contributed by atoms with van der Waals surface area (Å²) in [6.07, 6.45) is 0. The molecule has 0 spiro atoms. The number of alkyl halides is 2. The molecule has 0 aliphatic carbocycles. The minimum Gasteiger partial charge on any atom is -0.493 e. The Kier molecular flexibility index (Phi) is 4.49. The summed E-state index contributed by atoms with van der Waals surface area (Å²) < 4.78 is 33.5. The first-order valence-electron chi connectivity index (χ1n) is 4.88. The van der Waals surface area contributed by atoms with Gasteiger partial charge in [-0.3, -0.25) is 0 Å². The number of hydrogen-bond acceptors (Lipinski definition) is 3. The fraction of sp³-hybridized carbons (Fsp3) is 0.455. The van der Waals surface area contributed by atoms with Crippen LogP contribution in [0.5, 0.6) is 11.5 Å². The third-order valence-electron chi connectivity index (χ3n) is 2.34. The second kappa shape index (κ2) is 5.65. The molecule has 0 amide bonds. The summed E-state index contributed by atoms with van der Waals surface area (Å²) in [4.78, 5) is 0. The molecule has 0 aliphatic heterocycles. The average molecular weight is 231 g/mol. The molecule has 5 heteroatoms. The molecule has 0 aromatic heterocycles. The van der Waals surface area contributed by atoms with Crippen LogP contribution in [-0.4, -0.2) is 20.8 Å². The van der Waals surface area contributed by atoms with Crippen LogP contribution in [-0.2, 0) is 0 Å². The predicted molar refractivity (Wildman–Crippen MR) is 57.1 cm³/mol. The number of nitrogens with one attached hydrogen (secondary N) is 1. The number of methoxy groups -OCH3 is 1. The molecule has 0 fully saturated rings. The SMILES string of the molecule is CNC(C)c1ccc(OC(F)F)c(OC)c1. The lowest BCUT2D eigenvalue weighted by molar-refractivity contribution is -0.0512. The number of hydrogen-bond donors (Lipinski definition) is 1. The van der Waals surface area contributed by atoms with Crippen LogP contribution in [0.3, 0.4) is 0 Å². The monoisotopic (exact) mass is 231 g/mol. The van der Waals surface area contributed by atoms with Crippen molar-refractivity contribution in [1.82, 2.24) is 5.32 Å². The highest BCUT2D eigenvalue weighted by molar-refractivity contribution is 5.43. The minimum absolute atomic E-state index is 0.0459. The molecule has 1 atom stereocenters. The molecule has 0 saturated heterocycles. The molecule has 3 nitrogen and oxygen atoms in total. The van der Waals surface area contributed by atoms with Gasteiger partial charge in [-0.15, -0.1) is 0 Å². The predicted octanol–water partition coefficient (Wildman–Crippen LogP) is 2.58. The van der Waals surface area contributed by atoms with E-state index in [2.05, 4.69) is 10.1 Å². The summed E-state index contributed by atoms with van der Waals surface area (Å²) in [5.74, 6) is 0.351. The van der Waals surface area contributed by atoms with Gasteiger partial charge >= 0.3 is 6.61 Å². The lowest BCUT2D eigenvalue weighted by Gasteiger charge is -2.14. The van der Waals surface area contributed by atoms with Crippen molar-refractivity contribution in [3.63, 3.8) is 0 Å². The van der Waals surface area contributed by atoms with Gasteiger partial charge in [0.05, 0.1) is 7.11 Å². The van der Waals surface area contributed by atoms with E-state index < -0.39 is 6.61 Å². The van der Waals surface area contributed by atoms with Gasteiger partial charge in [0.25, 0.3) is 0 Å². The van der Waals surface area contributed by atoms with Gasteiger partial charge in [-0.1, -0.05) is 6.07 Å². The normalized spacial score (nSPS) is 12.6. The number of halogens is 2. The third kappa shape index (κ3) is 3.06. The summed E-state index contributed by atoms with van der Waals surface area (Å²) >= 11 is 0. The molecule has 1 rings (SSSR count). The van der Waals surface area contributed by atoms with Crippen molar-refractivity contribution in [2.24, 2.45) is 0 Å². The summed E-state index contributed by atoms with van der Waals surface area (Å²) in [6.45, 7) is -0.885. The van der Waals surface area contributed by atoms with E-state index in [1.54, 1.807) is 12.1 Å². The van der Waals surface area contributed by atoms with Crippen LogP contribution >= 0.6 is 0 Å². The van der Waals surface area contributed by atoms with E-state index in [9.17, 15) is 8.78 Å². The lowest BCUT2D eigenvalue weighted by atomic mass is 10.1. The van der Waals surface area contributed by atoms with Crippen LogP contribution in [0.4, 0.5) is 8.78 Å². The maximum Gasteiger partial charge on any atom is 0.387 e. The number of benzene rings is 1. The first-order valence-corrected chi connectivity index (χ1v) is 4.88. The minimum atomic E-state index is -2.85. The van der Waals surface area contributed by atoms with Gasteiger partial charge in [-0.05, 0) is 31.7 Å². The van der Waals surface area contributed by atoms with Crippen LogP contribution < -0.4 is 14.8 Å². The van der Waals surface area contributed by atoms with E-state index in [1.807, 2.05) is 14.0 Å². The molecule has 1 aromatic carbocycles. The van der Waals surface area contributed by atoms with Crippen LogP contribution in [0, 0.1) is 0 Å². The zero-order valence-electron chi connectivity index (χ0n) is 9.46. The molecule has 90 valence electrons. The van der Waals surface area contributed by atoms with Crippen molar-refractivity contribution in [3.05, 3.63) is 23.8 Å². The summed E-state index contributed by atoms with van der Waals surface area (Å²) in [6, 6.07) is 5.00. The molecule has 0 bridgehead atoms. The largest absolute Gasteiger partial charge is 0.493 e. The highest BCUT2D eigenvalue weighted by Crippen LogP contribution is 2.31. The Labute approximate surface area is 93.4 Å². The summed E-state index contributed by atoms with van der Waals surface area (Å²) in [5.41, 5.74) is 0.945. The smallest absolute Gasteiger partial charge is 0.387 e. The summed E-state index contributed by atoms with van der Waals surface area (Å²) in [5, 5.41) is 3.05. The van der Waals surface area contributed by atoms with Crippen molar-refractivity contribution >= 4 is 0 Å². The van der Waals surface area contributed by atoms with Crippen molar-refractivity contribution in [1.29, 1.82) is 0 Å². The highest BCUT2D eigenvalue weighted by atomic mass is 19.3. The van der Waals surface area contributed by atoms with Crippen molar-refractivity contribution < 1.29 is 18.3 Å². The van der Waals surface area contributed by atoms with Gasteiger partial charge in [0.15, 0.2) is 11.5 Å². The third-order valence-corrected chi connectivity index (χ3v) is 2.34. The van der Waals surface area contributed by atoms with Gasteiger partial charge in [0, 0.05) is 6.04 Å². The Balaban J connectivity index is 2.97. The summed E-state index contributed by atoms with van der Waals surface area (Å²) in [7, 11) is 3.24. The Hall–Kier alpha value is -1.36. The maximum absolute atomic E-state index is 12.1. The fourth-order valence-electron chi connectivity index (χ4n) is 1.31. The molecule has 1 unspecified atom stereocenters. The average Bonchev–Trinajstić information content (AvgIpc) is 2.27. The van der Waals surface area contributed by atoms with Gasteiger partial charge in [-0.2, -0.15) is 8.78 Å². The van der Waals surface area contributed by atoms with E-state index in [0.29, 0.717) is 5.75 Å². The van der Waals surface area contributed by atoms with Gasteiger partial charge in [0.2, 0.25) is 0 Å². The van der Waals surface area contributed by atoms with Gasteiger partial charge in [-0.25, -0.2) is 0 Å². The first-order chi connectivity index (χ1) is 7.58. The van der Waals surface area contributed by atoms with Gasteiger partial charge < -0.3 is 14.8 Å². The Morgan fingerprint density at radius 1 is 1.25 bits per heavy atom. The van der Waals surface area contributed by atoms with Crippen molar-refractivity contribution in [2.75, 3.05) is 14.2 Å². The van der Waals surface area contributed by atoms with Crippen LogP contribution in [0.1, 0.15) is 18.5 Å². The van der Waals surface area contributed by atoms with Crippen molar-refractivity contribution in [2.45, 2.75) is 19.6 Å². The standard InChI is InChI=1S/C11H15F2NO2/c1-7(14-2)8-4-5-9(16-11(12)13)10(6-8)15-3/h4-7,11,14H,1-3H3. The zero-order chi connectivity index (χ0) is 12.1. The van der Waals surface area contributed by atoms with Gasteiger partial charge in [0.1, 0.15) is 0 Å². The van der Waals surface area contributed by atoms with E-state index in [0.717, 1.165) is 5.56 Å². The fourth-order valence-corrected chi connectivity index (χ4v) is 1.31. The molecular formula is C11H15F2NO2. The molecule has 1 N–H and O–H groups in total. The maximum atomic E-state index is 12.1. The first kappa shape index (κ1) is 12.7. The van der Waals surface area contributed by atoms with Crippen LogP contribution in [0.2, 0.25) is 0 Å². The number of ether oxygens (including phenoxy) is 2. The molecule has 0 radical (unpaired) electrons. The molecule has 0 saturated carbocycles. The Morgan fingerprint density at radius 2 is 1.94 bits per heavy atom. The molecular weight excluding hydrogens is 216 g/mol. The van der Waals surface area contributed by atoms with E-state index in [4.69, 9.17) is 4.74 Å². The topological polar surface area (TPSA) is 30.5 Å². The molecule has 0 aliphatic rings. The second-order valence-electron chi connectivity index (χ2n) is 3.30. The quantitative estimate of drug-likeness (QED) is 0.844. The van der Waals surface area contributed by atoms with Crippen molar-refractivity contribution in [3.8, 4) is 11.5 Å². The Bertz CT molecular complexity index is 345. The van der Waals surface area contributed by atoms with Crippen LogP contribution in [0.25, 0.3) is 0 Å². The second-order valence-corrected chi connectivity index (χ2v) is 3.30. The highest BCUT2D eigenvalue weighted by Gasteiger charge is 2.12. The lowest BCUT2D eigenvalue weighted by Crippen LogP contribution is -2.12.